The van der Waals surface area contributed by atoms with Crippen LogP contribution in [-0.2, 0) is 6.42 Å². The van der Waals surface area contributed by atoms with Crippen LogP contribution in [0.1, 0.15) is 16.7 Å². The average molecular weight is 374 g/mol. The van der Waals surface area contributed by atoms with Crippen molar-refractivity contribution < 1.29 is 0 Å². The summed E-state index contributed by atoms with van der Waals surface area (Å²) in [7, 11) is 0. The Morgan fingerprint density at radius 3 is 2.21 bits per heavy atom. The Balaban J connectivity index is 1.76. The van der Waals surface area contributed by atoms with Gasteiger partial charge in [-0.3, -0.25) is 0 Å². The fourth-order valence-electron chi connectivity index (χ4n) is 2.81. The number of hydrogen-bond donors (Lipinski definition) is 0. The molecule has 0 N–H and O–H groups in total. The van der Waals surface area contributed by atoms with E-state index >= 15 is 0 Å². The summed E-state index contributed by atoms with van der Waals surface area (Å²) in [4.78, 5) is 4.91. The number of fused-ring (bicyclic) bond motifs is 1. The van der Waals surface area contributed by atoms with Crippen LogP contribution in [0.2, 0.25) is 0 Å². The first kappa shape index (κ1) is 15.1. The Kier molecular flexibility index (Phi) is 4.42. The first-order chi connectivity index (χ1) is 11.9. The molecule has 0 saturated carbocycles. The van der Waals surface area contributed by atoms with E-state index in [1.54, 1.807) is 0 Å². The van der Waals surface area contributed by atoms with Gasteiger partial charge in [0.2, 0.25) is 0 Å². The average Bonchev–Trinajstić information content (AvgIpc) is 2.63. The normalized spacial score (nSPS) is 17.0. The number of para-hydroxylation sites is 1. The van der Waals surface area contributed by atoms with E-state index in [9.17, 15) is 0 Å². The molecule has 0 radical (unpaired) electrons. The summed E-state index contributed by atoms with van der Waals surface area (Å²) in [6.45, 7) is 0. The number of hydrogen-bond acceptors (Lipinski definition) is 1. The second-order valence-corrected chi connectivity index (χ2v) is 8.04. The van der Waals surface area contributed by atoms with Gasteiger partial charge in [-0.1, -0.05) is 0 Å². The Morgan fingerprint density at radius 1 is 0.750 bits per heavy atom. The van der Waals surface area contributed by atoms with Crippen molar-refractivity contribution in [1.29, 1.82) is 0 Å². The number of benzene rings is 3. The molecule has 0 saturated heterocycles. The van der Waals surface area contributed by atoms with Crippen LogP contribution >= 0.6 is 0 Å². The van der Waals surface area contributed by atoms with E-state index in [4.69, 9.17) is 4.99 Å². The molecule has 116 valence electrons. The van der Waals surface area contributed by atoms with Crippen molar-refractivity contribution in [3.63, 3.8) is 0 Å². The summed E-state index contributed by atoms with van der Waals surface area (Å²) >= 11 is 0.250. The van der Waals surface area contributed by atoms with Crippen molar-refractivity contribution in [3.8, 4) is 0 Å². The van der Waals surface area contributed by atoms with Crippen LogP contribution in [0.4, 0.5) is 5.69 Å². The number of nitrogens with zero attached hydrogens (tertiary/aromatic N) is 1. The van der Waals surface area contributed by atoms with Gasteiger partial charge in [0.15, 0.2) is 0 Å². The molecule has 0 aliphatic carbocycles. The summed E-state index contributed by atoms with van der Waals surface area (Å²) in [5.41, 5.74) is 5.06. The zero-order valence-electron chi connectivity index (χ0n) is 13.2. The van der Waals surface area contributed by atoms with E-state index in [-0.39, 0.29) is 15.0 Å². The van der Waals surface area contributed by atoms with Crippen LogP contribution in [0.25, 0.3) is 10.5 Å². The third kappa shape index (κ3) is 3.40. The molecule has 0 amide bonds. The topological polar surface area (TPSA) is 12.4 Å². The van der Waals surface area contributed by atoms with Gasteiger partial charge in [0, 0.05) is 0 Å². The van der Waals surface area contributed by atoms with Crippen molar-refractivity contribution in [1.82, 2.24) is 0 Å². The van der Waals surface area contributed by atoms with Gasteiger partial charge in [0.1, 0.15) is 0 Å². The predicted octanol–water partition coefficient (Wildman–Crippen LogP) is 5.18. The quantitative estimate of drug-likeness (QED) is 0.549. The van der Waals surface area contributed by atoms with E-state index in [0.717, 1.165) is 12.1 Å². The van der Waals surface area contributed by atoms with Crippen LogP contribution in [-0.4, -0.2) is 19.6 Å². The summed E-state index contributed by atoms with van der Waals surface area (Å²) in [6.07, 6.45) is 3.27. The summed E-state index contributed by atoms with van der Waals surface area (Å²) in [5, 5.41) is 0. The minimum atomic E-state index is 0.250. The van der Waals surface area contributed by atoms with E-state index in [2.05, 4.69) is 72.8 Å². The molecule has 1 aliphatic rings. The molecule has 0 atom stereocenters. The van der Waals surface area contributed by atoms with Gasteiger partial charge in [0.05, 0.1) is 0 Å². The van der Waals surface area contributed by atoms with Crippen LogP contribution < -0.4 is 0 Å². The molecular weight excluding hydrogens is 357 g/mol. The van der Waals surface area contributed by atoms with Gasteiger partial charge in [-0.25, -0.2) is 0 Å². The summed E-state index contributed by atoms with van der Waals surface area (Å²) in [5.74, 6) is 0. The van der Waals surface area contributed by atoms with Gasteiger partial charge in [-0.15, -0.1) is 0 Å². The first-order valence-corrected chi connectivity index (χ1v) is 9.75. The molecule has 1 heterocycles. The third-order valence-corrected chi connectivity index (χ3v) is 6.12. The summed E-state index contributed by atoms with van der Waals surface area (Å²) in [6, 6.07) is 29.6. The zero-order chi connectivity index (χ0) is 16.2. The van der Waals surface area contributed by atoms with Crippen LogP contribution in [0, 0.1) is 0 Å². The maximum atomic E-state index is 4.91. The van der Waals surface area contributed by atoms with Gasteiger partial charge < -0.3 is 0 Å². The summed E-state index contributed by atoms with van der Waals surface area (Å²) < 4.78 is 2.69. The Morgan fingerprint density at radius 2 is 1.42 bits per heavy atom. The van der Waals surface area contributed by atoms with E-state index in [0.29, 0.717) is 0 Å². The fourth-order valence-corrected chi connectivity index (χ4v) is 5.20. The van der Waals surface area contributed by atoms with Gasteiger partial charge >= 0.3 is 149 Å². The molecule has 0 fully saturated rings. The molecule has 0 spiro atoms. The molecule has 3 aromatic carbocycles. The second-order valence-electron chi connectivity index (χ2n) is 5.70. The monoisotopic (exact) mass is 375 g/mol. The van der Waals surface area contributed by atoms with Crippen LogP contribution in [0.3, 0.4) is 0 Å². The third-order valence-electron chi connectivity index (χ3n) is 3.96. The number of rotatable bonds is 2. The molecule has 2 heteroatoms. The predicted molar refractivity (Wildman–Crippen MR) is 104 cm³/mol. The Bertz CT molecular complexity index is 896. The van der Waals surface area contributed by atoms with Crippen molar-refractivity contribution in [2.24, 2.45) is 4.99 Å². The molecule has 1 aliphatic heterocycles. The molecule has 24 heavy (non-hydrogen) atoms. The van der Waals surface area contributed by atoms with E-state index < -0.39 is 0 Å². The molecule has 3 aromatic rings. The van der Waals surface area contributed by atoms with Crippen molar-refractivity contribution in [2.45, 2.75) is 6.42 Å². The Hall–Kier alpha value is -2.41. The Labute approximate surface area is 148 Å². The fraction of sp³-hybridized carbons (Fsp3) is 0.0455. The minimum absolute atomic E-state index is 0.250. The van der Waals surface area contributed by atoms with Gasteiger partial charge in [-0.2, -0.15) is 0 Å². The van der Waals surface area contributed by atoms with Gasteiger partial charge in [-0.05, 0) is 0 Å². The molecule has 4 rings (SSSR count). The molecule has 0 unspecified atom stereocenters. The SMILES string of the molecule is C(=C1/[Se]C(=Nc2ccccc2)Cc2ccccc21)/c1ccccc1. The molecule has 1 nitrogen and oxygen atoms in total. The second kappa shape index (κ2) is 7.00. The van der Waals surface area contributed by atoms with Crippen molar-refractivity contribution in [3.05, 3.63) is 102 Å². The standard InChI is InChI=1S/C22H17NSe/c1-3-9-17(10-4-1)15-21-20-14-8-7-11-18(20)16-22(24-21)23-19-12-5-2-6-13-19/h1-15H,16H2/b21-15-,23-22?. The zero-order valence-corrected chi connectivity index (χ0v) is 14.9. The molecule has 0 aromatic heterocycles. The van der Waals surface area contributed by atoms with E-state index in [1.807, 2.05) is 18.2 Å². The van der Waals surface area contributed by atoms with Crippen molar-refractivity contribution in [2.75, 3.05) is 0 Å². The molecular formula is C22H17NSe. The molecule has 0 bridgehead atoms. The first-order valence-electron chi connectivity index (χ1n) is 8.04. The maximum absolute atomic E-state index is 4.91. The van der Waals surface area contributed by atoms with E-state index in [1.165, 1.54) is 25.8 Å². The number of aliphatic imine (C=N–C) groups is 1. The van der Waals surface area contributed by atoms with Crippen LogP contribution in [0.15, 0.2) is 89.9 Å². The van der Waals surface area contributed by atoms with Crippen LogP contribution in [0.5, 0.6) is 0 Å². The van der Waals surface area contributed by atoms with Gasteiger partial charge in [0.25, 0.3) is 0 Å². The van der Waals surface area contributed by atoms with Crippen molar-refractivity contribution >= 4 is 35.8 Å².